The van der Waals surface area contributed by atoms with Crippen LogP contribution in [0.15, 0.2) is 54.6 Å². The van der Waals surface area contributed by atoms with Crippen molar-refractivity contribution in [2.45, 2.75) is 13.0 Å². The monoisotopic (exact) mass is 327 g/mol. The molecule has 2 aromatic carbocycles. The van der Waals surface area contributed by atoms with Crippen molar-refractivity contribution < 1.29 is 14.2 Å². The highest BCUT2D eigenvalue weighted by Gasteiger charge is 2.14. The molecule has 128 valence electrons. The van der Waals surface area contributed by atoms with Crippen molar-refractivity contribution in [2.75, 3.05) is 44.4 Å². The molecule has 0 spiro atoms. The van der Waals surface area contributed by atoms with Gasteiger partial charge >= 0.3 is 0 Å². The quantitative estimate of drug-likeness (QED) is 0.694. The van der Waals surface area contributed by atoms with E-state index in [1.54, 1.807) is 0 Å². The summed E-state index contributed by atoms with van der Waals surface area (Å²) < 4.78 is 17.1. The lowest BCUT2D eigenvalue weighted by atomic mass is 10.2. The highest BCUT2D eigenvalue weighted by Crippen LogP contribution is 2.28. The average molecular weight is 327 g/mol. The van der Waals surface area contributed by atoms with Crippen LogP contribution in [0.1, 0.15) is 12.0 Å². The number of morpholine rings is 1. The van der Waals surface area contributed by atoms with E-state index >= 15 is 0 Å². The van der Waals surface area contributed by atoms with Crippen LogP contribution in [-0.4, -0.2) is 39.5 Å². The lowest BCUT2D eigenvalue weighted by Crippen LogP contribution is -2.36. The van der Waals surface area contributed by atoms with Gasteiger partial charge in [-0.2, -0.15) is 0 Å². The number of anilines is 1. The van der Waals surface area contributed by atoms with Crippen LogP contribution in [0.25, 0.3) is 0 Å². The maximum atomic E-state index is 5.98. The van der Waals surface area contributed by atoms with Gasteiger partial charge in [-0.25, -0.2) is 0 Å². The van der Waals surface area contributed by atoms with Crippen molar-refractivity contribution in [3.05, 3.63) is 60.2 Å². The predicted octanol–water partition coefficient (Wildman–Crippen LogP) is 3.51. The summed E-state index contributed by atoms with van der Waals surface area (Å²) in [4.78, 5) is 2.32. The summed E-state index contributed by atoms with van der Waals surface area (Å²) in [6.07, 6.45) is 0.879. The lowest BCUT2D eigenvalue weighted by Gasteiger charge is -2.30. The van der Waals surface area contributed by atoms with Crippen molar-refractivity contribution in [3.8, 4) is 5.75 Å². The van der Waals surface area contributed by atoms with Crippen molar-refractivity contribution >= 4 is 5.69 Å². The summed E-state index contributed by atoms with van der Waals surface area (Å²) in [5.41, 5.74) is 2.36. The third-order valence-electron chi connectivity index (χ3n) is 4.02. The maximum Gasteiger partial charge on any atom is 0.142 e. The molecule has 0 aliphatic carbocycles. The molecule has 2 aromatic rings. The average Bonchev–Trinajstić information content (AvgIpc) is 2.66. The highest BCUT2D eigenvalue weighted by atomic mass is 16.5. The SMILES string of the molecule is c1ccc(COCCCOc2ccccc2N2CCOCC2)cc1. The molecule has 1 fully saturated rings. The van der Waals surface area contributed by atoms with Gasteiger partial charge in [-0.05, 0) is 17.7 Å². The van der Waals surface area contributed by atoms with Crippen molar-refractivity contribution in [1.29, 1.82) is 0 Å². The van der Waals surface area contributed by atoms with Gasteiger partial charge in [0.2, 0.25) is 0 Å². The first kappa shape index (κ1) is 16.8. The Balaban J connectivity index is 1.40. The van der Waals surface area contributed by atoms with E-state index in [1.807, 2.05) is 30.3 Å². The zero-order valence-electron chi connectivity index (χ0n) is 14.0. The molecule has 0 unspecified atom stereocenters. The van der Waals surface area contributed by atoms with Gasteiger partial charge in [0.1, 0.15) is 5.75 Å². The first-order valence-electron chi connectivity index (χ1n) is 8.60. The van der Waals surface area contributed by atoms with Gasteiger partial charge in [0.05, 0.1) is 38.7 Å². The molecule has 0 amide bonds. The predicted molar refractivity (Wildman–Crippen MR) is 95.7 cm³/mol. The smallest absolute Gasteiger partial charge is 0.142 e. The Labute approximate surface area is 144 Å². The molecular formula is C20H25NO3. The number of para-hydroxylation sites is 2. The normalized spacial score (nSPS) is 14.6. The molecule has 0 N–H and O–H groups in total. The van der Waals surface area contributed by atoms with E-state index in [-0.39, 0.29) is 0 Å². The third-order valence-corrected chi connectivity index (χ3v) is 4.02. The minimum absolute atomic E-state index is 0.658. The molecule has 24 heavy (non-hydrogen) atoms. The van der Waals surface area contributed by atoms with E-state index in [2.05, 4.69) is 29.2 Å². The minimum Gasteiger partial charge on any atom is -0.491 e. The Morgan fingerprint density at radius 2 is 1.62 bits per heavy atom. The second-order valence-corrected chi connectivity index (χ2v) is 5.81. The number of hydrogen-bond acceptors (Lipinski definition) is 4. The first-order chi connectivity index (χ1) is 11.9. The summed E-state index contributed by atoms with van der Waals surface area (Å²) >= 11 is 0. The van der Waals surface area contributed by atoms with E-state index in [1.165, 1.54) is 5.56 Å². The molecule has 0 radical (unpaired) electrons. The van der Waals surface area contributed by atoms with Gasteiger partial charge in [-0.3, -0.25) is 0 Å². The zero-order chi connectivity index (χ0) is 16.5. The molecule has 4 heteroatoms. The largest absolute Gasteiger partial charge is 0.491 e. The first-order valence-corrected chi connectivity index (χ1v) is 8.60. The summed E-state index contributed by atoms with van der Waals surface area (Å²) in [7, 11) is 0. The van der Waals surface area contributed by atoms with Gasteiger partial charge in [-0.1, -0.05) is 42.5 Å². The molecule has 1 aliphatic rings. The Morgan fingerprint density at radius 3 is 2.46 bits per heavy atom. The van der Waals surface area contributed by atoms with Gasteiger partial charge in [0.25, 0.3) is 0 Å². The van der Waals surface area contributed by atoms with Crippen LogP contribution < -0.4 is 9.64 Å². The van der Waals surface area contributed by atoms with Crippen LogP contribution in [0.3, 0.4) is 0 Å². The molecule has 1 saturated heterocycles. The Hall–Kier alpha value is -2.04. The fourth-order valence-corrected chi connectivity index (χ4v) is 2.75. The number of benzene rings is 2. The molecule has 1 heterocycles. The fourth-order valence-electron chi connectivity index (χ4n) is 2.75. The van der Waals surface area contributed by atoms with Gasteiger partial charge in [0.15, 0.2) is 0 Å². The van der Waals surface area contributed by atoms with Gasteiger partial charge < -0.3 is 19.1 Å². The zero-order valence-corrected chi connectivity index (χ0v) is 14.0. The third kappa shape index (κ3) is 4.98. The molecular weight excluding hydrogens is 302 g/mol. The number of ether oxygens (including phenoxy) is 3. The van der Waals surface area contributed by atoms with Crippen LogP contribution in [0.5, 0.6) is 5.75 Å². The van der Waals surface area contributed by atoms with E-state index < -0.39 is 0 Å². The van der Waals surface area contributed by atoms with Crippen LogP contribution >= 0.6 is 0 Å². The van der Waals surface area contributed by atoms with Crippen LogP contribution in [0.2, 0.25) is 0 Å². The molecule has 0 bridgehead atoms. The van der Waals surface area contributed by atoms with Crippen LogP contribution in [0.4, 0.5) is 5.69 Å². The topological polar surface area (TPSA) is 30.9 Å². The van der Waals surface area contributed by atoms with Crippen molar-refractivity contribution in [1.82, 2.24) is 0 Å². The molecule has 1 aliphatic heterocycles. The van der Waals surface area contributed by atoms with E-state index in [9.17, 15) is 0 Å². The molecule has 0 aromatic heterocycles. The highest BCUT2D eigenvalue weighted by molar-refractivity contribution is 5.58. The molecule has 3 rings (SSSR count). The Bertz CT molecular complexity index is 597. The molecule has 0 saturated carbocycles. The van der Waals surface area contributed by atoms with Crippen LogP contribution in [0, 0.1) is 0 Å². The Kier molecular flexibility index (Phi) is 6.51. The second kappa shape index (κ2) is 9.30. The second-order valence-electron chi connectivity index (χ2n) is 5.81. The van der Waals surface area contributed by atoms with E-state index in [0.717, 1.165) is 44.2 Å². The molecule has 4 nitrogen and oxygen atoms in total. The number of nitrogens with zero attached hydrogens (tertiary/aromatic N) is 1. The van der Waals surface area contributed by atoms with Crippen LogP contribution in [-0.2, 0) is 16.1 Å². The molecule has 0 atom stereocenters. The standard InChI is InChI=1S/C20H25NO3/c1-2-7-18(8-3-1)17-23-13-6-14-24-20-10-5-4-9-19(20)21-11-15-22-16-12-21/h1-5,7-10H,6,11-17H2. The number of rotatable bonds is 8. The van der Waals surface area contributed by atoms with Gasteiger partial charge in [-0.15, -0.1) is 0 Å². The minimum atomic E-state index is 0.658. The van der Waals surface area contributed by atoms with Crippen molar-refractivity contribution in [2.24, 2.45) is 0 Å². The fraction of sp³-hybridized carbons (Fsp3) is 0.400. The summed E-state index contributed by atoms with van der Waals surface area (Å²) in [5, 5.41) is 0. The number of hydrogen-bond donors (Lipinski definition) is 0. The maximum absolute atomic E-state index is 5.98. The van der Waals surface area contributed by atoms with Gasteiger partial charge in [0, 0.05) is 19.5 Å². The summed E-state index contributed by atoms with van der Waals surface area (Å²) in [6.45, 7) is 5.42. The lowest BCUT2D eigenvalue weighted by molar-refractivity contribution is 0.107. The van der Waals surface area contributed by atoms with E-state index in [4.69, 9.17) is 14.2 Å². The van der Waals surface area contributed by atoms with E-state index in [0.29, 0.717) is 19.8 Å². The Morgan fingerprint density at radius 1 is 0.875 bits per heavy atom. The summed E-state index contributed by atoms with van der Waals surface area (Å²) in [5.74, 6) is 0.947. The summed E-state index contributed by atoms with van der Waals surface area (Å²) in [6, 6.07) is 18.5. The van der Waals surface area contributed by atoms with Crippen molar-refractivity contribution in [3.63, 3.8) is 0 Å².